The van der Waals surface area contributed by atoms with Crippen LogP contribution in [0.4, 0.5) is 15.9 Å². The summed E-state index contributed by atoms with van der Waals surface area (Å²) >= 11 is 0. The molecule has 2 aromatic rings. The van der Waals surface area contributed by atoms with Crippen LogP contribution in [0.2, 0.25) is 0 Å². The van der Waals surface area contributed by atoms with Gasteiger partial charge in [-0.15, -0.1) is 0 Å². The van der Waals surface area contributed by atoms with E-state index < -0.39 is 0 Å². The number of anilines is 2. The summed E-state index contributed by atoms with van der Waals surface area (Å²) in [5.41, 5.74) is 0.921. The van der Waals surface area contributed by atoms with E-state index in [0.717, 1.165) is 13.0 Å². The number of para-hydroxylation sites is 1. The van der Waals surface area contributed by atoms with Gasteiger partial charge in [0.1, 0.15) is 17.3 Å². The number of amides is 1. The number of nitrogens with zero attached hydrogens (tertiary/aromatic N) is 4. The van der Waals surface area contributed by atoms with Crippen LogP contribution in [-0.4, -0.2) is 53.5 Å². The van der Waals surface area contributed by atoms with Gasteiger partial charge < -0.3 is 15.1 Å². The lowest BCUT2D eigenvalue weighted by Gasteiger charge is -2.36. The Morgan fingerprint density at radius 2 is 1.89 bits per heavy atom. The molecule has 1 aromatic carbocycles. The van der Waals surface area contributed by atoms with Gasteiger partial charge in [-0.1, -0.05) is 26.0 Å². The lowest BCUT2D eigenvalue weighted by Crippen LogP contribution is -2.49. The van der Waals surface area contributed by atoms with Crippen LogP contribution in [0.25, 0.3) is 0 Å². The Balaban J connectivity index is 1.54. The van der Waals surface area contributed by atoms with Crippen molar-refractivity contribution in [3.63, 3.8) is 0 Å². The zero-order chi connectivity index (χ0) is 19.2. The number of nitrogens with one attached hydrogen (secondary N) is 1. The third kappa shape index (κ3) is 4.93. The van der Waals surface area contributed by atoms with Crippen molar-refractivity contribution in [2.75, 3.05) is 42.9 Å². The number of aromatic nitrogens is 2. The fourth-order valence-electron chi connectivity index (χ4n) is 3.04. The average molecular weight is 371 g/mol. The number of rotatable bonds is 6. The van der Waals surface area contributed by atoms with Crippen molar-refractivity contribution in [2.24, 2.45) is 5.92 Å². The molecule has 0 aliphatic carbocycles. The Morgan fingerprint density at radius 3 is 2.52 bits per heavy atom. The number of hydrogen-bond donors (Lipinski definition) is 1. The summed E-state index contributed by atoms with van der Waals surface area (Å²) in [5.74, 6) is 0.930. The number of hydrogen-bond acceptors (Lipinski definition) is 5. The van der Waals surface area contributed by atoms with E-state index in [4.69, 9.17) is 0 Å². The fourth-order valence-corrected chi connectivity index (χ4v) is 3.04. The summed E-state index contributed by atoms with van der Waals surface area (Å²) in [7, 11) is 0. The molecule has 0 spiro atoms. The molecule has 0 bridgehead atoms. The van der Waals surface area contributed by atoms with E-state index in [0.29, 0.717) is 49.3 Å². The molecule has 1 N–H and O–H groups in total. The van der Waals surface area contributed by atoms with Gasteiger partial charge in [0.05, 0.1) is 18.1 Å². The van der Waals surface area contributed by atoms with E-state index in [1.807, 2.05) is 11.0 Å². The third-order valence-electron chi connectivity index (χ3n) is 4.66. The van der Waals surface area contributed by atoms with Gasteiger partial charge in [0.15, 0.2) is 0 Å². The minimum absolute atomic E-state index is 0.135. The second kappa shape index (κ2) is 8.79. The molecule has 144 valence electrons. The molecule has 1 aromatic heterocycles. The van der Waals surface area contributed by atoms with Crippen LogP contribution in [0, 0.1) is 11.7 Å². The highest BCUT2D eigenvalue weighted by molar-refractivity contribution is 5.92. The van der Waals surface area contributed by atoms with E-state index >= 15 is 0 Å². The van der Waals surface area contributed by atoms with Gasteiger partial charge in [-0.05, 0) is 24.5 Å². The number of piperazine rings is 1. The normalized spacial score (nSPS) is 14.5. The predicted molar refractivity (Wildman–Crippen MR) is 104 cm³/mol. The lowest BCUT2D eigenvalue weighted by molar-refractivity contribution is 0.0740. The molecule has 2 heterocycles. The summed E-state index contributed by atoms with van der Waals surface area (Å²) in [6.07, 6.45) is 4.17. The molecule has 1 amide bonds. The first kappa shape index (κ1) is 19.1. The number of carbonyl (C=O) groups is 1. The second-order valence-electron chi connectivity index (χ2n) is 7.13. The van der Waals surface area contributed by atoms with Crippen LogP contribution in [-0.2, 0) is 0 Å². The molecule has 0 unspecified atom stereocenters. The first-order valence-electron chi connectivity index (χ1n) is 9.39. The molecule has 27 heavy (non-hydrogen) atoms. The maximum atomic E-state index is 13.9. The van der Waals surface area contributed by atoms with Crippen LogP contribution in [0.5, 0.6) is 0 Å². The van der Waals surface area contributed by atoms with Crippen molar-refractivity contribution in [2.45, 2.75) is 20.3 Å². The van der Waals surface area contributed by atoms with Crippen LogP contribution in [0.1, 0.15) is 30.8 Å². The quantitative estimate of drug-likeness (QED) is 0.846. The number of carbonyl (C=O) groups excluding carboxylic acids is 1. The Bertz CT molecular complexity index is 757. The highest BCUT2D eigenvalue weighted by atomic mass is 19.1. The van der Waals surface area contributed by atoms with Gasteiger partial charge in [-0.25, -0.2) is 14.4 Å². The highest BCUT2D eigenvalue weighted by Crippen LogP contribution is 2.20. The Labute approximate surface area is 159 Å². The summed E-state index contributed by atoms with van der Waals surface area (Å²) in [4.78, 5) is 24.9. The lowest BCUT2D eigenvalue weighted by atomic mass is 10.1. The van der Waals surface area contributed by atoms with Gasteiger partial charge in [0.2, 0.25) is 0 Å². The third-order valence-corrected chi connectivity index (χ3v) is 4.66. The Hall–Kier alpha value is -2.70. The highest BCUT2D eigenvalue weighted by Gasteiger charge is 2.24. The monoisotopic (exact) mass is 371 g/mol. The molecule has 1 aliphatic rings. The van der Waals surface area contributed by atoms with Crippen molar-refractivity contribution in [3.8, 4) is 0 Å². The van der Waals surface area contributed by atoms with Crippen molar-refractivity contribution >= 4 is 17.4 Å². The van der Waals surface area contributed by atoms with E-state index in [-0.39, 0.29) is 11.7 Å². The zero-order valence-electron chi connectivity index (χ0n) is 15.9. The van der Waals surface area contributed by atoms with Crippen molar-refractivity contribution < 1.29 is 9.18 Å². The Morgan fingerprint density at radius 1 is 1.15 bits per heavy atom. The van der Waals surface area contributed by atoms with Crippen LogP contribution in [0.3, 0.4) is 0 Å². The van der Waals surface area contributed by atoms with E-state index in [9.17, 15) is 9.18 Å². The number of halogens is 1. The predicted octanol–water partition coefficient (Wildman–Crippen LogP) is 3.04. The molecule has 0 radical (unpaired) electrons. The molecule has 0 atom stereocenters. The first-order chi connectivity index (χ1) is 13.0. The smallest absolute Gasteiger partial charge is 0.274 e. The van der Waals surface area contributed by atoms with Crippen molar-refractivity contribution in [1.82, 2.24) is 14.9 Å². The standard InChI is InChI=1S/C20H26FN5O/c1-15(2)7-8-22-19-14-23-17(13-24-19)20(27)26-11-9-25(10-12-26)18-6-4-3-5-16(18)21/h3-6,13-15H,7-12H2,1-2H3,(H,22,24). The van der Waals surface area contributed by atoms with E-state index in [1.165, 1.54) is 12.3 Å². The largest absolute Gasteiger partial charge is 0.369 e. The number of benzene rings is 1. The molecule has 3 rings (SSSR count). The maximum Gasteiger partial charge on any atom is 0.274 e. The van der Waals surface area contributed by atoms with Gasteiger partial charge in [0, 0.05) is 32.7 Å². The molecule has 7 heteroatoms. The summed E-state index contributed by atoms with van der Waals surface area (Å²) < 4.78 is 13.9. The van der Waals surface area contributed by atoms with Crippen molar-refractivity contribution in [3.05, 3.63) is 48.2 Å². The topological polar surface area (TPSA) is 61.4 Å². The van der Waals surface area contributed by atoms with Crippen LogP contribution < -0.4 is 10.2 Å². The second-order valence-corrected chi connectivity index (χ2v) is 7.13. The molecule has 1 aliphatic heterocycles. The maximum absolute atomic E-state index is 13.9. The van der Waals surface area contributed by atoms with Crippen LogP contribution in [0.15, 0.2) is 36.7 Å². The molecular formula is C20H26FN5O. The minimum Gasteiger partial charge on any atom is -0.369 e. The minimum atomic E-state index is -0.233. The average Bonchev–Trinajstić information content (AvgIpc) is 2.68. The first-order valence-corrected chi connectivity index (χ1v) is 9.39. The van der Waals surface area contributed by atoms with Gasteiger partial charge >= 0.3 is 0 Å². The summed E-state index contributed by atoms with van der Waals surface area (Å²) in [6, 6.07) is 6.73. The molecular weight excluding hydrogens is 345 g/mol. The summed E-state index contributed by atoms with van der Waals surface area (Å²) in [6.45, 7) is 7.41. The van der Waals surface area contributed by atoms with Crippen LogP contribution >= 0.6 is 0 Å². The molecule has 0 saturated carbocycles. The van der Waals surface area contributed by atoms with Gasteiger partial charge in [-0.3, -0.25) is 4.79 Å². The SMILES string of the molecule is CC(C)CCNc1cnc(C(=O)N2CCN(c3ccccc3F)CC2)cn1. The molecule has 6 nitrogen and oxygen atoms in total. The zero-order valence-corrected chi connectivity index (χ0v) is 15.9. The van der Waals surface area contributed by atoms with E-state index in [2.05, 4.69) is 29.1 Å². The van der Waals surface area contributed by atoms with Gasteiger partial charge in [0.25, 0.3) is 5.91 Å². The van der Waals surface area contributed by atoms with E-state index in [1.54, 1.807) is 23.2 Å². The van der Waals surface area contributed by atoms with Gasteiger partial charge in [-0.2, -0.15) is 0 Å². The summed E-state index contributed by atoms with van der Waals surface area (Å²) in [5, 5.41) is 3.21. The Kier molecular flexibility index (Phi) is 6.21. The fraction of sp³-hybridized carbons (Fsp3) is 0.450. The molecule has 1 saturated heterocycles. The molecule has 1 fully saturated rings. The van der Waals surface area contributed by atoms with Crippen molar-refractivity contribution in [1.29, 1.82) is 0 Å².